The number of hydrogen-bond donors (Lipinski definition) is 0. The Hall–Kier alpha value is -2.43. The average Bonchev–Trinajstić information content (AvgIpc) is 2.91. The van der Waals surface area contributed by atoms with Gasteiger partial charge in [-0.15, -0.1) is 0 Å². The van der Waals surface area contributed by atoms with E-state index < -0.39 is 0 Å². The van der Waals surface area contributed by atoms with Gasteiger partial charge in [0.25, 0.3) is 0 Å². The minimum atomic E-state index is -0.0314. The molecule has 0 bridgehead atoms. The van der Waals surface area contributed by atoms with Gasteiger partial charge in [-0.05, 0) is 30.4 Å². The molecule has 0 saturated carbocycles. The molecule has 0 radical (unpaired) electrons. The van der Waals surface area contributed by atoms with E-state index in [1.807, 2.05) is 29.3 Å². The lowest BCUT2D eigenvalue weighted by atomic mass is 9.95. The number of aromatic nitrogens is 2. The summed E-state index contributed by atoms with van der Waals surface area (Å²) in [5.41, 5.74) is 3.21. The Labute approximate surface area is 154 Å². The van der Waals surface area contributed by atoms with E-state index in [9.17, 15) is 4.79 Å². The summed E-state index contributed by atoms with van der Waals surface area (Å²) < 4.78 is 5.81. The molecule has 5 nitrogen and oxygen atoms in total. The SMILES string of the molecule is CC(C)Cc1ncc2c(n1)CN(C(=O)[C@@H]1CCOc3ccccc3C1)C2. The first-order valence-electron chi connectivity index (χ1n) is 9.43. The fourth-order valence-electron chi connectivity index (χ4n) is 3.77. The van der Waals surface area contributed by atoms with Crippen LogP contribution in [0.1, 0.15) is 42.9 Å². The lowest BCUT2D eigenvalue weighted by Crippen LogP contribution is -2.33. The van der Waals surface area contributed by atoms with Gasteiger partial charge in [-0.2, -0.15) is 0 Å². The molecule has 1 aromatic carbocycles. The van der Waals surface area contributed by atoms with Gasteiger partial charge < -0.3 is 9.64 Å². The minimum absolute atomic E-state index is 0.0314. The molecule has 3 heterocycles. The summed E-state index contributed by atoms with van der Waals surface area (Å²) in [6.45, 7) is 6.14. The van der Waals surface area contributed by atoms with E-state index >= 15 is 0 Å². The van der Waals surface area contributed by atoms with Crippen LogP contribution in [-0.4, -0.2) is 27.4 Å². The van der Waals surface area contributed by atoms with E-state index in [0.717, 1.165) is 47.7 Å². The second-order valence-electron chi connectivity index (χ2n) is 7.70. The largest absolute Gasteiger partial charge is 0.493 e. The number of carbonyl (C=O) groups is 1. The van der Waals surface area contributed by atoms with Crippen molar-refractivity contribution in [2.24, 2.45) is 11.8 Å². The number of fused-ring (bicyclic) bond motifs is 2. The molecule has 0 unspecified atom stereocenters. The number of hydrogen-bond acceptors (Lipinski definition) is 4. The zero-order valence-corrected chi connectivity index (χ0v) is 15.4. The maximum absolute atomic E-state index is 13.1. The first-order chi connectivity index (χ1) is 12.6. The highest BCUT2D eigenvalue weighted by Crippen LogP contribution is 2.30. The molecule has 2 aliphatic heterocycles. The fourth-order valence-corrected chi connectivity index (χ4v) is 3.77. The predicted octanol–water partition coefficient (Wildman–Crippen LogP) is 3.16. The van der Waals surface area contributed by atoms with Crippen molar-refractivity contribution in [2.75, 3.05) is 6.61 Å². The Balaban J connectivity index is 1.47. The van der Waals surface area contributed by atoms with Crippen LogP contribution in [0.15, 0.2) is 30.5 Å². The highest BCUT2D eigenvalue weighted by molar-refractivity contribution is 5.80. The molecule has 26 heavy (non-hydrogen) atoms. The molecule has 1 amide bonds. The lowest BCUT2D eigenvalue weighted by Gasteiger charge is -2.21. The van der Waals surface area contributed by atoms with Gasteiger partial charge in [-0.3, -0.25) is 4.79 Å². The lowest BCUT2D eigenvalue weighted by molar-refractivity contribution is -0.136. The molecule has 0 N–H and O–H groups in total. The van der Waals surface area contributed by atoms with Crippen LogP contribution in [0, 0.1) is 11.8 Å². The van der Waals surface area contributed by atoms with Crippen LogP contribution in [0.25, 0.3) is 0 Å². The van der Waals surface area contributed by atoms with Gasteiger partial charge in [-0.25, -0.2) is 9.97 Å². The Kier molecular flexibility index (Phi) is 4.62. The molecular weight excluding hydrogens is 326 g/mol. The Morgan fingerprint density at radius 2 is 2.12 bits per heavy atom. The average molecular weight is 351 g/mol. The monoisotopic (exact) mass is 351 g/mol. The summed E-state index contributed by atoms with van der Waals surface area (Å²) in [5, 5.41) is 0. The van der Waals surface area contributed by atoms with Crippen molar-refractivity contribution >= 4 is 5.91 Å². The number of rotatable bonds is 3. The smallest absolute Gasteiger partial charge is 0.226 e. The molecule has 5 heteroatoms. The number of amides is 1. The number of nitrogens with zero attached hydrogens (tertiary/aromatic N) is 3. The molecule has 136 valence electrons. The Morgan fingerprint density at radius 1 is 1.27 bits per heavy atom. The van der Waals surface area contributed by atoms with Crippen molar-refractivity contribution in [1.29, 1.82) is 0 Å². The van der Waals surface area contributed by atoms with Crippen LogP contribution in [0.4, 0.5) is 0 Å². The third kappa shape index (κ3) is 3.43. The molecule has 2 aromatic rings. The van der Waals surface area contributed by atoms with Crippen LogP contribution in [0.3, 0.4) is 0 Å². The fraction of sp³-hybridized carbons (Fsp3) is 0.476. The van der Waals surface area contributed by atoms with E-state index in [4.69, 9.17) is 9.72 Å². The zero-order valence-electron chi connectivity index (χ0n) is 15.4. The highest BCUT2D eigenvalue weighted by Gasteiger charge is 2.32. The third-order valence-corrected chi connectivity index (χ3v) is 5.12. The molecule has 0 fully saturated rings. The molecule has 4 rings (SSSR count). The zero-order chi connectivity index (χ0) is 18.1. The minimum Gasteiger partial charge on any atom is -0.493 e. The van der Waals surface area contributed by atoms with E-state index in [1.54, 1.807) is 0 Å². The molecule has 0 spiro atoms. The normalized spacial score (nSPS) is 18.9. The van der Waals surface area contributed by atoms with Crippen LogP contribution in [-0.2, 0) is 30.7 Å². The number of para-hydroxylation sites is 1. The van der Waals surface area contributed by atoms with E-state index in [2.05, 4.69) is 24.9 Å². The molecule has 1 atom stereocenters. The van der Waals surface area contributed by atoms with E-state index in [-0.39, 0.29) is 11.8 Å². The topological polar surface area (TPSA) is 55.3 Å². The van der Waals surface area contributed by atoms with Gasteiger partial charge in [0.05, 0.1) is 18.8 Å². The maximum atomic E-state index is 13.1. The summed E-state index contributed by atoms with van der Waals surface area (Å²) in [6.07, 6.45) is 4.27. The standard InChI is InChI=1S/C21H25N3O2/c1-14(2)9-20-22-11-17-12-24(13-18(17)23-20)21(25)16-7-8-26-19-6-4-3-5-15(19)10-16/h3-6,11,14,16H,7-10,12-13H2,1-2H3/t16-/m1/s1. The second kappa shape index (κ2) is 7.06. The van der Waals surface area contributed by atoms with E-state index in [1.165, 1.54) is 0 Å². The van der Waals surface area contributed by atoms with Gasteiger partial charge in [0.15, 0.2) is 0 Å². The van der Waals surface area contributed by atoms with Crippen LogP contribution in [0.2, 0.25) is 0 Å². The molecule has 1 aromatic heterocycles. The van der Waals surface area contributed by atoms with Crippen molar-refractivity contribution in [1.82, 2.24) is 14.9 Å². The second-order valence-corrected chi connectivity index (χ2v) is 7.70. The van der Waals surface area contributed by atoms with Crippen molar-refractivity contribution in [3.63, 3.8) is 0 Å². The third-order valence-electron chi connectivity index (χ3n) is 5.12. The molecule has 0 saturated heterocycles. The summed E-state index contributed by atoms with van der Waals surface area (Å²) in [7, 11) is 0. The molecule has 2 aliphatic rings. The van der Waals surface area contributed by atoms with Gasteiger partial charge in [0.1, 0.15) is 11.6 Å². The van der Waals surface area contributed by atoms with Crippen molar-refractivity contribution in [3.05, 3.63) is 53.1 Å². The Morgan fingerprint density at radius 3 is 2.96 bits per heavy atom. The summed E-state index contributed by atoms with van der Waals surface area (Å²) in [4.78, 5) is 24.2. The maximum Gasteiger partial charge on any atom is 0.226 e. The number of carbonyl (C=O) groups excluding carboxylic acids is 1. The van der Waals surface area contributed by atoms with Gasteiger partial charge in [0, 0.05) is 30.6 Å². The van der Waals surface area contributed by atoms with Gasteiger partial charge in [-0.1, -0.05) is 32.0 Å². The first kappa shape index (κ1) is 17.0. The highest BCUT2D eigenvalue weighted by atomic mass is 16.5. The van der Waals surface area contributed by atoms with Gasteiger partial charge in [0.2, 0.25) is 5.91 Å². The summed E-state index contributed by atoms with van der Waals surface area (Å²) in [6, 6.07) is 8.03. The van der Waals surface area contributed by atoms with Crippen molar-refractivity contribution < 1.29 is 9.53 Å². The van der Waals surface area contributed by atoms with Crippen LogP contribution < -0.4 is 4.74 Å². The number of benzene rings is 1. The van der Waals surface area contributed by atoms with Gasteiger partial charge >= 0.3 is 0 Å². The summed E-state index contributed by atoms with van der Waals surface area (Å²) >= 11 is 0. The first-order valence-corrected chi connectivity index (χ1v) is 9.43. The number of ether oxygens (including phenoxy) is 1. The Bertz CT molecular complexity index is 819. The molecule has 0 aliphatic carbocycles. The summed E-state index contributed by atoms with van der Waals surface area (Å²) in [5.74, 6) is 2.49. The van der Waals surface area contributed by atoms with Crippen LogP contribution in [0.5, 0.6) is 5.75 Å². The molecular formula is C21H25N3O2. The van der Waals surface area contributed by atoms with Crippen molar-refractivity contribution in [3.8, 4) is 5.75 Å². The van der Waals surface area contributed by atoms with Crippen molar-refractivity contribution in [2.45, 2.75) is 46.2 Å². The quantitative estimate of drug-likeness (QED) is 0.852. The van der Waals surface area contributed by atoms with E-state index in [0.29, 0.717) is 25.6 Å². The predicted molar refractivity (Wildman–Crippen MR) is 98.6 cm³/mol. The van der Waals surface area contributed by atoms with Crippen LogP contribution >= 0.6 is 0 Å².